The smallest absolute Gasteiger partial charge is 0.128 e. The molecule has 0 heterocycles. The van der Waals surface area contributed by atoms with Crippen LogP contribution in [0.15, 0.2) is 34.8 Å². The molecule has 0 aliphatic heterocycles. The number of hydrogen-bond acceptors (Lipinski definition) is 2. The van der Waals surface area contributed by atoms with Crippen molar-refractivity contribution < 1.29 is 9.50 Å². The molecule has 0 fully saturated rings. The van der Waals surface area contributed by atoms with Gasteiger partial charge in [0.25, 0.3) is 0 Å². The molecule has 1 atom stereocenters. The number of benzene rings is 2. The molecule has 4 heteroatoms. The highest BCUT2D eigenvalue weighted by Crippen LogP contribution is 2.31. The van der Waals surface area contributed by atoms with Gasteiger partial charge in [0.1, 0.15) is 11.6 Å². The van der Waals surface area contributed by atoms with Crippen LogP contribution in [0, 0.1) is 19.7 Å². The van der Waals surface area contributed by atoms with E-state index >= 15 is 0 Å². The third kappa shape index (κ3) is 2.96. The zero-order valence-electron chi connectivity index (χ0n) is 11.7. The summed E-state index contributed by atoms with van der Waals surface area (Å²) >= 11 is 3.35. The van der Waals surface area contributed by atoms with Gasteiger partial charge in [-0.15, -0.1) is 0 Å². The van der Waals surface area contributed by atoms with Crippen molar-refractivity contribution in [3.63, 3.8) is 0 Å². The molecule has 0 aliphatic carbocycles. The van der Waals surface area contributed by atoms with Crippen LogP contribution in [-0.2, 0) is 0 Å². The van der Waals surface area contributed by atoms with Crippen molar-refractivity contribution in [3.05, 3.63) is 57.3 Å². The molecule has 2 N–H and O–H groups in total. The van der Waals surface area contributed by atoms with E-state index < -0.39 is 0 Å². The van der Waals surface area contributed by atoms with E-state index in [9.17, 15) is 9.50 Å². The van der Waals surface area contributed by atoms with Gasteiger partial charge in [-0.3, -0.25) is 0 Å². The molecule has 0 saturated carbocycles. The molecule has 0 saturated heterocycles. The lowest BCUT2D eigenvalue weighted by atomic mass is 10.0. The first-order chi connectivity index (χ1) is 9.40. The number of halogens is 2. The lowest BCUT2D eigenvalue weighted by Gasteiger charge is -2.19. The largest absolute Gasteiger partial charge is 0.507 e. The summed E-state index contributed by atoms with van der Waals surface area (Å²) in [5, 5.41) is 13.2. The Labute approximate surface area is 126 Å². The maximum Gasteiger partial charge on any atom is 0.128 e. The average Bonchev–Trinajstić information content (AvgIpc) is 2.42. The Morgan fingerprint density at radius 2 is 1.90 bits per heavy atom. The van der Waals surface area contributed by atoms with Crippen LogP contribution in [0.5, 0.6) is 5.75 Å². The van der Waals surface area contributed by atoms with Crippen LogP contribution in [0.4, 0.5) is 10.1 Å². The van der Waals surface area contributed by atoms with E-state index in [2.05, 4.69) is 21.2 Å². The normalized spacial score (nSPS) is 12.2. The molecule has 2 aromatic rings. The minimum Gasteiger partial charge on any atom is -0.507 e. The molecule has 0 radical (unpaired) electrons. The average molecular weight is 338 g/mol. The highest BCUT2D eigenvalue weighted by atomic mass is 79.9. The van der Waals surface area contributed by atoms with Crippen LogP contribution < -0.4 is 5.32 Å². The maximum absolute atomic E-state index is 13.9. The molecule has 0 aliphatic rings. The van der Waals surface area contributed by atoms with Crippen LogP contribution in [0.3, 0.4) is 0 Å². The second-order valence-electron chi connectivity index (χ2n) is 4.94. The van der Waals surface area contributed by atoms with Gasteiger partial charge in [0.2, 0.25) is 0 Å². The zero-order chi connectivity index (χ0) is 14.9. The third-order valence-corrected chi connectivity index (χ3v) is 3.92. The zero-order valence-corrected chi connectivity index (χ0v) is 13.3. The summed E-state index contributed by atoms with van der Waals surface area (Å²) in [4.78, 5) is 0. The predicted molar refractivity (Wildman–Crippen MR) is 83.7 cm³/mol. The van der Waals surface area contributed by atoms with Crippen LogP contribution in [0.2, 0.25) is 0 Å². The highest BCUT2D eigenvalue weighted by molar-refractivity contribution is 9.10. The van der Waals surface area contributed by atoms with E-state index in [0.717, 1.165) is 21.3 Å². The number of phenolic OH excluding ortho intramolecular Hbond substituents is 1. The van der Waals surface area contributed by atoms with Gasteiger partial charge in [-0.25, -0.2) is 4.39 Å². The summed E-state index contributed by atoms with van der Waals surface area (Å²) < 4.78 is 14.7. The molecule has 0 aromatic heterocycles. The van der Waals surface area contributed by atoms with Crippen molar-refractivity contribution in [1.29, 1.82) is 0 Å². The predicted octanol–water partition coefficient (Wildman–Crippen LogP) is 5.08. The Kier molecular flexibility index (Phi) is 4.33. The van der Waals surface area contributed by atoms with Gasteiger partial charge in [0, 0.05) is 21.3 Å². The first kappa shape index (κ1) is 14.9. The van der Waals surface area contributed by atoms with Crippen LogP contribution in [0.1, 0.15) is 29.7 Å². The number of nitrogens with one attached hydrogen (secondary N) is 1. The molecule has 0 spiro atoms. The standard InChI is InChI=1S/C16H17BrFNO/c1-9-4-7-15(10(2)16(9)20)19-11(3)13-8-12(17)5-6-14(13)18/h4-8,11,19-20H,1-3H3. The summed E-state index contributed by atoms with van der Waals surface area (Å²) in [7, 11) is 0. The van der Waals surface area contributed by atoms with E-state index in [1.165, 1.54) is 6.07 Å². The number of phenols is 1. The monoisotopic (exact) mass is 337 g/mol. The third-order valence-electron chi connectivity index (χ3n) is 3.43. The van der Waals surface area contributed by atoms with Gasteiger partial charge >= 0.3 is 0 Å². The molecular formula is C16H17BrFNO. The number of aromatic hydroxyl groups is 1. The van der Waals surface area contributed by atoms with Crippen molar-refractivity contribution in [3.8, 4) is 5.75 Å². The Morgan fingerprint density at radius 3 is 2.60 bits per heavy atom. The van der Waals surface area contributed by atoms with E-state index in [0.29, 0.717) is 5.56 Å². The fourth-order valence-corrected chi connectivity index (χ4v) is 2.53. The van der Waals surface area contributed by atoms with Crippen molar-refractivity contribution in [2.75, 3.05) is 5.32 Å². The summed E-state index contributed by atoms with van der Waals surface area (Å²) in [6.07, 6.45) is 0. The van der Waals surface area contributed by atoms with Gasteiger partial charge in [-0.1, -0.05) is 22.0 Å². The molecule has 0 bridgehead atoms. The van der Waals surface area contributed by atoms with Crippen molar-refractivity contribution >= 4 is 21.6 Å². The molecule has 106 valence electrons. The summed E-state index contributed by atoms with van der Waals surface area (Å²) in [5.41, 5.74) is 2.99. The number of anilines is 1. The van der Waals surface area contributed by atoms with Crippen molar-refractivity contribution in [2.45, 2.75) is 26.8 Å². The Hall–Kier alpha value is -1.55. The number of hydrogen-bond donors (Lipinski definition) is 2. The van der Waals surface area contributed by atoms with Crippen LogP contribution in [0.25, 0.3) is 0 Å². The molecule has 2 rings (SSSR count). The first-order valence-corrected chi connectivity index (χ1v) is 7.20. The van der Waals surface area contributed by atoms with E-state index in [4.69, 9.17) is 0 Å². The van der Waals surface area contributed by atoms with E-state index in [-0.39, 0.29) is 17.6 Å². The van der Waals surface area contributed by atoms with Crippen molar-refractivity contribution in [1.82, 2.24) is 0 Å². The van der Waals surface area contributed by atoms with E-state index in [1.54, 1.807) is 12.1 Å². The van der Waals surface area contributed by atoms with Crippen molar-refractivity contribution in [2.24, 2.45) is 0 Å². The molecule has 2 aromatic carbocycles. The van der Waals surface area contributed by atoms with Gasteiger partial charge in [-0.2, -0.15) is 0 Å². The van der Waals surface area contributed by atoms with Gasteiger partial charge in [0.05, 0.1) is 6.04 Å². The van der Waals surface area contributed by atoms with Crippen LogP contribution >= 0.6 is 15.9 Å². The topological polar surface area (TPSA) is 32.3 Å². The molecular weight excluding hydrogens is 321 g/mol. The fraction of sp³-hybridized carbons (Fsp3) is 0.250. The Balaban J connectivity index is 2.30. The lowest BCUT2D eigenvalue weighted by molar-refractivity contribution is 0.467. The second kappa shape index (κ2) is 5.83. The first-order valence-electron chi connectivity index (χ1n) is 6.40. The van der Waals surface area contributed by atoms with Gasteiger partial charge < -0.3 is 10.4 Å². The summed E-state index contributed by atoms with van der Waals surface area (Å²) in [6, 6.07) is 8.42. The maximum atomic E-state index is 13.9. The summed E-state index contributed by atoms with van der Waals surface area (Å²) in [5.74, 6) is 0.0269. The minimum absolute atomic E-state index is 0.201. The fourth-order valence-electron chi connectivity index (χ4n) is 2.15. The number of aryl methyl sites for hydroxylation is 1. The van der Waals surface area contributed by atoms with Crippen LogP contribution in [-0.4, -0.2) is 5.11 Å². The quantitative estimate of drug-likeness (QED) is 0.818. The Bertz CT molecular complexity index is 643. The Morgan fingerprint density at radius 1 is 1.20 bits per heavy atom. The number of rotatable bonds is 3. The molecule has 20 heavy (non-hydrogen) atoms. The summed E-state index contributed by atoms with van der Waals surface area (Å²) in [6.45, 7) is 5.58. The van der Waals surface area contributed by atoms with E-state index in [1.807, 2.05) is 32.9 Å². The molecule has 2 nitrogen and oxygen atoms in total. The second-order valence-corrected chi connectivity index (χ2v) is 5.85. The van der Waals surface area contributed by atoms with Gasteiger partial charge in [0.15, 0.2) is 0 Å². The highest BCUT2D eigenvalue weighted by Gasteiger charge is 2.14. The molecule has 0 amide bonds. The lowest BCUT2D eigenvalue weighted by Crippen LogP contribution is -2.09. The SMILES string of the molecule is Cc1ccc(NC(C)c2cc(Br)ccc2F)c(C)c1O. The minimum atomic E-state index is -0.248. The molecule has 1 unspecified atom stereocenters. The van der Waals surface area contributed by atoms with Gasteiger partial charge in [-0.05, 0) is 50.6 Å².